The summed E-state index contributed by atoms with van der Waals surface area (Å²) in [7, 11) is -2.19. The molecule has 5 rings (SSSR count). The normalized spacial score (nSPS) is 19.8. The molecule has 3 heterocycles. The maximum absolute atomic E-state index is 13.5. The lowest BCUT2D eigenvalue weighted by molar-refractivity contribution is 0.0559. The van der Waals surface area contributed by atoms with E-state index < -0.39 is 10.0 Å². The van der Waals surface area contributed by atoms with Crippen molar-refractivity contribution in [1.29, 1.82) is 0 Å². The highest BCUT2D eigenvalue weighted by Gasteiger charge is 2.40. The van der Waals surface area contributed by atoms with Gasteiger partial charge in [-0.3, -0.25) is 4.90 Å². The van der Waals surface area contributed by atoms with Crippen LogP contribution in [0.3, 0.4) is 0 Å². The minimum Gasteiger partial charge on any atom is -0.291 e. The average molecular weight is 526 g/mol. The van der Waals surface area contributed by atoms with E-state index in [9.17, 15) is 12.8 Å². The van der Waals surface area contributed by atoms with E-state index in [1.165, 1.54) is 27.4 Å². The highest BCUT2D eigenvalue weighted by atomic mass is 32.2. The van der Waals surface area contributed by atoms with Gasteiger partial charge in [-0.1, -0.05) is 13.8 Å². The molecule has 2 aromatic heterocycles. The topological polar surface area (TPSA) is 89.2 Å². The molecule has 4 aromatic rings. The molecule has 2 unspecified atom stereocenters. The minimum absolute atomic E-state index is 0.00429. The average Bonchev–Trinajstić information content (AvgIpc) is 3.46. The van der Waals surface area contributed by atoms with Crippen LogP contribution in [-0.4, -0.2) is 68.1 Å². The monoisotopic (exact) mass is 525 g/mol. The van der Waals surface area contributed by atoms with Gasteiger partial charge in [-0.25, -0.2) is 17.5 Å². The Kier molecular flexibility index (Phi) is 6.63. The number of aryl methyl sites for hydroxylation is 2. The molecule has 2 atom stereocenters. The van der Waals surface area contributed by atoms with Crippen LogP contribution in [0.4, 0.5) is 4.39 Å². The van der Waals surface area contributed by atoms with Crippen LogP contribution in [0, 0.1) is 18.7 Å². The van der Waals surface area contributed by atoms with Gasteiger partial charge in [0, 0.05) is 44.2 Å². The number of benzene rings is 2. The number of nitrogens with zero attached hydrogens (tertiary/aromatic N) is 7. The molecular weight excluding hydrogens is 493 g/mol. The van der Waals surface area contributed by atoms with Crippen LogP contribution in [-0.2, 0) is 17.1 Å². The van der Waals surface area contributed by atoms with Crippen molar-refractivity contribution in [2.75, 3.05) is 19.6 Å². The third-order valence-electron chi connectivity index (χ3n) is 6.96. The molecule has 1 fully saturated rings. The lowest BCUT2D eigenvalue weighted by Crippen LogP contribution is -2.55. The Morgan fingerprint density at radius 3 is 2.46 bits per heavy atom. The minimum atomic E-state index is -3.79. The molecule has 0 bridgehead atoms. The number of rotatable bonds is 6. The van der Waals surface area contributed by atoms with E-state index in [-0.39, 0.29) is 22.9 Å². The fraction of sp³-hybridized carbons (Fsp3) is 0.423. The maximum atomic E-state index is 13.5. The molecule has 1 saturated heterocycles. The van der Waals surface area contributed by atoms with Crippen molar-refractivity contribution in [3.05, 3.63) is 65.7 Å². The number of hydrogen-bond donors (Lipinski definition) is 0. The van der Waals surface area contributed by atoms with Crippen LogP contribution in [0.5, 0.6) is 0 Å². The van der Waals surface area contributed by atoms with E-state index in [4.69, 9.17) is 0 Å². The number of fused-ring (bicyclic) bond motifs is 1. The van der Waals surface area contributed by atoms with Gasteiger partial charge in [0.15, 0.2) is 0 Å². The standard InChI is InChI=1S/C26H32FN7O2S/c1-17(2)14-33-19(4)15-32(37(35,36)26-13-28-31(5)30-26)16-25(33)23-11-20-12-29-34(24(20)10-18(23)3)22-8-6-21(27)7-9-22/h6-13,17,19,25H,14-16H2,1-5H3. The Balaban J connectivity index is 1.56. The van der Waals surface area contributed by atoms with Crippen LogP contribution in [0.2, 0.25) is 0 Å². The molecule has 1 aliphatic heterocycles. The summed E-state index contributed by atoms with van der Waals surface area (Å²) in [6, 6.07) is 10.3. The van der Waals surface area contributed by atoms with Crippen molar-refractivity contribution < 1.29 is 12.8 Å². The highest BCUT2D eigenvalue weighted by Crippen LogP contribution is 2.35. The lowest BCUT2D eigenvalue weighted by Gasteiger charge is -2.46. The first-order valence-corrected chi connectivity index (χ1v) is 13.8. The van der Waals surface area contributed by atoms with Gasteiger partial charge in [0.1, 0.15) is 5.82 Å². The smallest absolute Gasteiger partial charge is 0.264 e. The summed E-state index contributed by atoms with van der Waals surface area (Å²) >= 11 is 0. The zero-order valence-corrected chi connectivity index (χ0v) is 22.5. The first-order valence-electron chi connectivity index (χ1n) is 12.4. The number of aromatic nitrogens is 5. The van der Waals surface area contributed by atoms with Gasteiger partial charge in [0.2, 0.25) is 5.03 Å². The number of halogens is 1. The van der Waals surface area contributed by atoms with Gasteiger partial charge in [-0.15, -0.1) is 5.10 Å². The zero-order valence-electron chi connectivity index (χ0n) is 21.7. The summed E-state index contributed by atoms with van der Waals surface area (Å²) < 4.78 is 43.8. The van der Waals surface area contributed by atoms with Crippen LogP contribution in [0.25, 0.3) is 16.6 Å². The summed E-state index contributed by atoms with van der Waals surface area (Å²) in [6.07, 6.45) is 3.10. The van der Waals surface area contributed by atoms with Crippen LogP contribution in [0.1, 0.15) is 37.9 Å². The first-order chi connectivity index (χ1) is 17.5. The fourth-order valence-electron chi connectivity index (χ4n) is 5.20. The molecule has 0 spiro atoms. The number of hydrogen-bond acceptors (Lipinski definition) is 6. The van der Waals surface area contributed by atoms with Gasteiger partial charge >= 0.3 is 0 Å². The predicted molar refractivity (Wildman–Crippen MR) is 139 cm³/mol. The quantitative estimate of drug-likeness (QED) is 0.382. The maximum Gasteiger partial charge on any atom is 0.264 e. The highest BCUT2D eigenvalue weighted by molar-refractivity contribution is 7.89. The number of sulfonamides is 1. The summed E-state index contributed by atoms with van der Waals surface area (Å²) in [6.45, 7) is 10.0. The molecular formula is C26H32FN7O2S. The van der Waals surface area contributed by atoms with Gasteiger partial charge < -0.3 is 0 Å². The SMILES string of the molecule is Cc1cc2c(cnn2-c2ccc(F)cc2)cc1C1CN(S(=O)(=O)c2cnn(C)n2)CC(C)N1CC(C)C. The van der Waals surface area contributed by atoms with Crippen molar-refractivity contribution >= 4 is 20.9 Å². The van der Waals surface area contributed by atoms with Crippen LogP contribution >= 0.6 is 0 Å². The van der Waals surface area contributed by atoms with Gasteiger partial charge in [-0.2, -0.15) is 19.3 Å². The summed E-state index contributed by atoms with van der Waals surface area (Å²) in [5.74, 6) is 0.120. The van der Waals surface area contributed by atoms with Gasteiger partial charge in [0.25, 0.3) is 10.0 Å². The Bertz CT molecular complexity index is 1530. The Morgan fingerprint density at radius 1 is 1.08 bits per heavy atom. The summed E-state index contributed by atoms with van der Waals surface area (Å²) in [5, 5.41) is 13.5. The molecule has 11 heteroatoms. The predicted octanol–water partition coefficient (Wildman–Crippen LogP) is 3.69. The van der Waals surface area contributed by atoms with Gasteiger partial charge in [-0.05, 0) is 67.3 Å². The Hall–Kier alpha value is -3.15. The van der Waals surface area contributed by atoms with E-state index in [1.807, 2.05) is 6.92 Å². The second-order valence-electron chi connectivity index (χ2n) is 10.3. The van der Waals surface area contributed by atoms with E-state index in [0.29, 0.717) is 19.0 Å². The van der Waals surface area contributed by atoms with Crippen molar-refractivity contribution in [2.45, 2.75) is 44.8 Å². The molecule has 0 saturated carbocycles. The Labute approximate surface area is 216 Å². The van der Waals surface area contributed by atoms with Gasteiger partial charge in [0.05, 0.1) is 23.6 Å². The molecule has 9 nitrogen and oxygen atoms in total. The zero-order chi connectivity index (χ0) is 26.5. The second kappa shape index (κ2) is 9.62. The van der Waals surface area contributed by atoms with E-state index >= 15 is 0 Å². The molecule has 2 aromatic carbocycles. The van der Waals surface area contributed by atoms with Crippen molar-refractivity contribution in [1.82, 2.24) is 34.0 Å². The Morgan fingerprint density at radius 2 is 1.81 bits per heavy atom. The third kappa shape index (κ3) is 4.78. The first kappa shape index (κ1) is 25.5. The lowest BCUT2D eigenvalue weighted by atomic mass is 9.94. The van der Waals surface area contributed by atoms with Crippen LogP contribution in [0.15, 0.2) is 53.8 Å². The van der Waals surface area contributed by atoms with E-state index in [1.54, 1.807) is 30.1 Å². The molecule has 0 aliphatic carbocycles. The largest absolute Gasteiger partial charge is 0.291 e. The van der Waals surface area contributed by atoms with Crippen molar-refractivity contribution in [2.24, 2.45) is 13.0 Å². The van der Waals surface area contributed by atoms with E-state index in [2.05, 4.69) is 53.1 Å². The van der Waals surface area contributed by atoms with E-state index in [0.717, 1.165) is 34.3 Å². The van der Waals surface area contributed by atoms with Crippen molar-refractivity contribution in [3.8, 4) is 5.69 Å². The molecule has 0 radical (unpaired) electrons. The molecule has 196 valence electrons. The number of piperazine rings is 1. The molecule has 37 heavy (non-hydrogen) atoms. The van der Waals surface area contributed by atoms with Crippen LogP contribution < -0.4 is 0 Å². The molecule has 0 N–H and O–H groups in total. The summed E-state index contributed by atoms with van der Waals surface area (Å²) in [5.41, 5.74) is 3.80. The second-order valence-corrected chi connectivity index (χ2v) is 12.1. The molecule has 1 aliphatic rings. The summed E-state index contributed by atoms with van der Waals surface area (Å²) in [4.78, 5) is 3.67. The van der Waals surface area contributed by atoms with Crippen molar-refractivity contribution in [3.63, 3.8) is 0 Å². The third-order valence-corrected chi connectivity index (χ3v) is 8.65. The molecule has 0 amide bonds. The fourth-order valence-corrected chi connectivity index (χ4v) is 6.62.